The number of amides is 1. The molecular weight excluding hydrogens is 412 g/mol. The van der Waals surface area contributed by atoms with E-state index in [1.54, 1.807) is 6.92 Å². The lowest BCUT2D eigenvalue weighted by Crippen LogP contribution is -2.48. The molecule has 1 atom stereocenters. The molecule has 0 aromatic heterocycles. The molecule has 0 heterocycles. The second kappa shape index (κ2) is 8.76. The molecule has 10 heteroatoms. The number of sulfonamides is 1. The third-order valence-corrected chi connectivity index (χ3v) is 5.63. The minimum atomic E-state index is -3.76. The highest BCUT2D eigenvalue weighted by molar-refractivity contribution is 7.89. The number of anilines is 1. The molecule has 0 saturated carbocycles. The molecule has 1 amide bonds. The van der Waals surface area contributed by atoms with Crippen LogP contribution in [0.25, 0.3) is 0 Å². The fraction of sp³-hybridized carbons (Fsp3) is 0.263. The number of rotatable bonds is 5. The number of aryl methyl sites for hydroxylation is 2. The van der Waals surface area contributed by atoms with Crippen LogP contribution in [0, 0.1) is 0 Å². The van der Waals surface area contributed by atoms with Gasteiger partial charge in [0.25, 0.3) is 5.91 Å². The first-order valence-electron chi connectivity index (χ1n) is 9.00. The summed E-state index contributed by atoms with van der Waals surface area (Å²) in [5.74, 6) is 0.267. The zero-order chi connectivity index (χ0) is 21.0. The molecule has 0 aliphatic heterocycles. The van der Waals surface area contributed by atoms with Crippen LogP contribution < -0.4 is 26.0 Å². The van der Waals surface area contributed by atoms with Crippen LogP contribution >= 0.6 is 12.2 Å². The Kier molecular flexibility index (Phi) is 6.36. The second-order valence-corrected chi connectivity index (χ2v) is 8.65. The SMILES string of the molecule is C[C@H](Oc1ccc2c(c1)CCC2)C(=O)NNC(=S)Nc1ccc(S(N)(=O)=O)cc1. The number of carbonyl (C=O) groups excluding carboxylic acids is 1. The number of nitrogens with one attached hydrogen (secondary N) is 3. The highest BCUT2D eigenvalue weighted by atomic mass is 32.2. The highest BCUT2D eigenvalue weighted by Gasteiger charge is 2.17. The van der Waals surface area contributed by atoms with E-state index < -0.39 is 16.1 Å². The van der Waals surface area contributed by atoms with Crippen LogP contribution in [0.5, 0.6) is 5.75 Å². The van der Waals surface area contributed by atoms with Gasteiger partial charge in [-0.05, 0) is 85.9 Å². The summed E-state index contributed by atoms with van der Waals surface area (Å²) < 4.78 is 28.2. The summed E-state index contributed by atoms with van der Waals surface area (Å²) in [5, 5.41) is 8.01. The number of nitrogens with two attached hydrogens (primary N) is 1. The van der Waals surface area contributed by atoms with Crippen molar-refractivity contribution in [3.05, 3.63) is 53.6 Å². The van der Waals surface area contributed by atoms with E-state index in [0.29, 0.717) is 11.4 Å². The van der Waals surface area contributed by atoms with E-state index in [4.69, 9.17) is 22.1 Å². The van der Waals surface area contributed by atoms with Crippen LogP contribution in [0.4, 0.5) is 5.69 Å². The maximum atomic E-state index is 12.2. The smallest absolute Gasteiger partial charge is 0.279 e. The topological polar surface area (TPSA) is 123 Å². The van der Waals surface area contributed by atoms with Gasteiger partial charge < -0.3 is 10.1 Å². The first kappa shape index (κ1) is 21.0. The Balaban J connectivity index is 1.47. The average Bonchev–Trinajstić information content (AvgIpc) is 3.13. The molecule has 2 aromatic carbocycles. The number of carbonyl (C=O) groups is 1. The van der Waals surface area contributed by atoms with Crippen molar-refractivity contribution in [1.29, 1.82) is 0 Å². The summed E-state index contributed by atoms with van der Waals surface area (Å²) in [6, 6.07) is 11.6. The predicted octanol–water partition coefficient (Wildman–Crippen LogP) is 1.61. The number of benzene rings is 2. The molecular formula is C19H22N4O4S2. The third kappa shape index (κ3) is 5.66. The van der Waals surface area contributed by atoms with Crippen molar-refractivity contribution in [2.24, 2.45) is 5.14 Å². The molecule has 2 aromatic rings. The van der Waals surface area contributed by atoms with Gasteiger partial charge in [-0.2, -0.15) is 0 Å². The van der Waals surface area contributed by atoms with Crippen LogP contribution in [-0.2, 0) is 27.7 Å². The molecule has 5 N–H and O–H groups in total. The highest BCUT2D eigenvalue weighted by Crippen LogP contribution is 2.26. The number of primary sulfonamides is 1. The number of hydrogen-bond acceptors (Lipinski definition) is 5. The van der Waals surface area contributed by atoms with E-state index in [0.717, 1.165) is 19.3 Å². The second-order valence-electron chi connectivity index (χ2n) is 6.68. The molecule has 1 aliphatic carbocycles. The Morgan fingerprint density at radius 2 is 1.79 bits per heavy atom. The number of ether oxygens (including phenoxy) is 1. The lowest BCUT2D eigenvalue weighted by molar-refractivity contribution is -0.127. The van der Waals surface area contributed by atoms with Gasteiger partial charge in [0.2, 0.25) is 10.0 Å². The predicted molar refractivity (Wildman–Crippen MR) is 114 cm³/mol. The normalized spacial score (nSPS) is 13.9. The van der Waals surface area contributed by atoms with Gasteiger partial charge in [-0.3, -0.25) is 15.6 Å². The minimum absolute atomic E-state index is 0.00670. The standard InChI is InChI=1S/C19H22N4O4S2/c1-12(27-16-8-5-13-3-2-4-14(13)11-16)18(24)22-23-19(28)21-15-6-9-17(10-7-15)29(20,25)26/h5-12H,2-4H2,1H3,(H,22,24)(H2,20,25,26)(H2,21,23,28)/t12-/m0/s1. The van der Waals surface area contributed by atoms with E-state index in [1.165, 1.54) is 35.4 Å². The Morgan fingerprint density at radius 1 is 1.10 bits per heavy atom. The summed E-state index contributed by atoms with van der Waals surface area (Å²) in [4.78, 5) is 12.2. The minimum Gasteiger partial charge on any atom is -0.481 e. The van der Waals surface area contributed by atoms with Gasteiger partial charge in [-0.1, -0.05) is 6.07 Å². The summed E-state index contributed by atoms with van der Waals surface area (Å²) in [6.45, 7) is 1.65. The van der Waals surface area contributed by atoms with Gasteiger partial charge in [0, 0.05) is 5.69 Å². The largest absolute Gasteiger partial charge is 0.481 e. The van der Waals surface area contributed by atoms with E-state index >= 15 is 0 Å². The van der Waals surface area contributed by atoms with Crippen molar-refractivity contribution < 1.29 is 17.9 Å². The number of fused-ring (bicyclic) bond motifs is 1. The van der Waals surface area contributed by atoms with E-state index in [-0.39, 0.29) is 15.9 Å². The molecule has 0 unspecified atom stereocenters. The van der Waals surface area contributed by atoms with Crippen LogP contribution in [0.3, 0.4) is 0 Å². The van der Waals surface area contributed by atoms with Crippen LogP contribution in [0.1, 0.15) is 24.5 Å². The fourth-order valence-electron chi connectivity index (χ4n) is 2.99. The molecule has 0 bridgehead atoms. The molecule has 1 aliphatic rings. The summed E-state index contributed by atoms with van der Waals surface area (Å²) in [7, 11) is -3.76. The van der Waals surface area contributed by atoms with Crippen LogP contribution in [0.15, 0.2) is 47.4 Å². The van der Waals surface area contributed by atoms with Crippen molar-refractivity contribution in [3.8, 4) is 5.75 Å². The lowest BCUT2D eigenvalue weighted by Gasteiger charge is -2.17. The van der Waals surface area contributed by atoms with Gasteiger partial charge >= 0.3 is 0 Å². The van der Waals surface area contributed by atoms with Crippen molar-refractivity contribution in [2.45, 2.75) is 37.2 Å². The Bertz CT molecular complexity index is 1020. The van der Waals surface area contributed by atoms with Crippen molar-refractivity contribution in [3.63, 3.8) is 0 Å². The molecule has 0 fully saturated rings. The van der Waals surface area contributed by atoms with Crippen molar-refractivity contribution >= 4 is 38.9 Å². The quantitative estimate of drug-likeness (QED) is 0.416. The molecule has 0 saturated heterocycles. The Morgan fingerprint density at radius 3 is 2.48 bits per heavy atom. The molecule has 0 radical (unpaired) electrons. The average molecular weight is 435 g/mol. The lowest BCUT2D eigenvalue weighted by atomic mass is 10.1. The van der Waals surface area contributed by atoms with Gasteiger partial charge in [0.15, 0.2) is 11.2 Å². The maximum absolute atomic E-state index is 12.2. The number of thiocarbonyl (C=S) groups is 1. The van der Waals surface area contributed by atoms with Crippen LogP contribution in [-0.4, -0.2) is 25.5 Å². The van der Waals surface area contributed by atoms with Gasteiger partial charge in [-0.25, -0.2) is 13.6 Å². The zero-order valence-corrected chi connectivity index (χ0v) is 17.4. The third-order valence-electron chi connectivity index (χ3n) is 4.49. The maximum Gasteiger partial charge on any atom is 0.279 e. The first-order valence-corrected chi connectivity index (χ1v) is 11.0. The molecule has 8 nitrogen and oxygen atoms in total. The fourth-order valence-corrected chi connectivity index (χ4v) is 3.67. The van der Waals surface area contributed by atoms with E-state index in [2.05, 4.69) is 16.2 Å². The van der Waals surface area contributed by atoms with E-state index in [9.17, 15) is 13.2 Å². The zero-order valence-electron chi connectivity index (χ0n) is 15.8. The Hall–Kier alpha value is -2.69. The van der Waals surface area contributed by atoms with Crippen molar-refractivity contribution in [1.82, 2.24) is 10.9 Å². The Labute approximate surface area is 174 Å². The van der Waals surface area contributed by atoms with Gasteiger partial charge in [-0.15, -0.1) is 0 Å². The van der Waals surface area contributed by atoms with E-state index in [1.807, 2.05) is 18.2 Å². The number of hydrazine groups is 1. The summed E-state index contributed by atoms with van der Waals surface area (Å²) >= 11 is 5.11. The first-order chi connectivity index (χ1) is 13.7. The summed E-state index contributed by atoms with van der Waals surface area (Å²) in [6.07, 6.45) is 2.55. The number of hydrogen-bond donors (Lipinski definition) is 4. The van der Waals surface area contributed by atoms with Gasteiger partial charge in [0.05, 0.1) is 4.90 Å². The van der Waals surface area contributed by atoms with Crippen molar-refractivity contribution in [2.75, 3.05) is 5.32 Å². The monoisotopic (exact) mass is 434 g/mol. The molecule has 3 rings (SSSR count). The molecule has 154 valence electrons. The van der Waals surface area contributed by atoms with Gasteiger partial charge in [0.1, 0.15) is 5.75 Å². The van der Waals surface area contributed by atoms with Crippen LogP contribution in [0.2, 0.25) is 0 Å². The summed E-state index contributed by atoms with van der Waals surface area (Å²) in [5.41, 5.74) is 8.20. The molecule has 29 heavy (non-hydrogen) atoms. The molecule has 0 spiro atoms.